The Hall–Kier alpha value is -1.69. The van der Waals surface area contributed by atoms with E-state index < -0.39 is 5.97 Å². The van der Waals surface area contributed by atoms with Crippen LogP contribution >= 0.6 is 0 Å². The lowest BCUT2D eigenvalue weighted by Gasteiger charge is -2.07. The molecule has 0 bridgehead atoms. The molecule has 0 aliphatic carbocycles. The summed E-state index contributed by atoms with van der Waals surface area (Å²) in [6.07, 6.45) is 2.07. The van der Waals surface area contributed by atoms with E-state index in [0.717, 1.165) is 0 Å². The first-order chi connectivity index (χ1) is 8.19. The van der Waals surface area contributed by atoms with Gasteiger partial charge >= 0.3 is 5.97 Å². The first-order valence-electron chi connectivity index (χ1n) is 5.54. The van der Waals surface area contributed by atoms with Crippen molar-refractivity contribution in [1.29, 1.82) is 0 Å². The molecule has 0 fully saturated rings. The Balaban J connectivity index is 2.68. The summed E-state index contributed by atoms with van der Waals surface area (Å²) >= 11 is 0. The van der Waals surface area contributed by atoms with Gasteiger partial charge in [0.25, 0.3) is 0 Å². The number of esters is 1. The Bertz CT molecular complexity index is 382. The molecule has 0 radical (unpaired) electrons. The predicted octanol–water partition coefficient (Wildman–Crippen LogP) is 0.756. The van der Waals surface area contributed by atoms with Crippen LogP contribution in [0.5, 0.6) is 0 Å². The zero-order valence-corrected chi connectivity index (χ0v) is 10.1. The number of carbonyl (C=O) groups is 1. The number of nitrogens with one attached hydrogen (secondary N) is 1. The highest BCUT2D eigenvalue weighted by molar-refractivity contribution is 5.90. The number of nitrogens with zero attached hydrogens (tertiary/aromatic N) is 2. The quantitative estimate of drug-likeness (QED) is 0.563. The predicted molar refractivity (Wildman–Crippen MR) is 62.9 cm³/mol. The van der Waals surface area contributed by atoms with Crippen molar-refractivity contribution < 1.29 is 14.6 Å². The maximum Gasteiger partial charge on any atom is 0.341 e. The third-order valence-corrected chi connectivity index (χ3v) is 2.09. The highest BCUT2D eigenvalue weighted by Gasteiger charge is 2.12. The summed E-state index contributed by atoms with van der Waals surface area (Å²) in [5.74, 6) is 0.0379. The first-order valence-corrected chi connectivity index (χ1v) is 5.54. The summed E-state index contributed by atoms with van der Waals surface area (Å²) in [4.78, 5) is 19.6. The molecule has 6 heteroatoms. The lowest BCUT2D eigenvalue weighted by Crippen LogP contribution is -2.12. The van der Waals surface area contributed by atoms with E-state index in [1.165, 1.54) is 6.20 Å². The van der Waals surface area contributed by atoms with Crippen LogP contribution in [-0.4, -0.2) is 40.8 Å². The zero-order valence-electron chi connectivity index (χ0n) is 10.1. The normalized spacial score (nSPS) is 10.1. The minimum Gasteiger partial charge on any atom is -0.462 e. The lowest BCUT2D eigenvalue weighted by molar-refractivity contribution is 0.0524. The van der Waals surface area contributed by atoms with E-state index in [1.807, 2.05) is 0 Å². The number of aromatic nitrogens is 2. The van der Waals surface area contributed by atoms with Crippen LogP contribution in [0.2, 0.25) is 0 Å². The van der Waals surface area contributed by atoms with E-state index in [2.05, 4.69) is 15.3 Å². The molecule has 17 heavy (non-hydrogen) atoms. The summed E-state index contributed by atoms with van der Waals surface area (Å²) in [7, 11) is 0. The Kier molecular flexibility index (Phi) is 5.35. The number of aryl methyl sites for hydroxylation is 1. The number of aliphatic hydroxyl groups excluding tert-OH is 1. The molecule has 1 aromatic rings. The SMILES string of the molecule is CCOC(=O)c1cnc(NCCCO)nc1C. The average molecular weight is 239 g/mol. The van der Waals surface area contributed by atoms with Gasteiger partial charge in [0.1, 0.15) is 0 Å². The fourth-order valence-corrected chi connectivity index (χ4v) is 1.24. The van der Waals surface area contributed by atoms with E-state index in [-0.39, 0.29) is 6.61 Å². The van der Waals surface area contributed by atoms with Gasteiger partial charge in [0, 0.05) is 19.3 Å². The number of aliphatic hydroxyl groups is 1. The second-order valence-electron chi connectivity index (χ2n) is 3.42. The molecule has 0 amide bonds. The van der Waals surface area contributed by atoms with Crippen molar-refractivity contribution in [3.63, 3.8) is 0 Å². The fourth-order valence-electron chi connectivity index (χ4n) is 1.24. The van der Waals surface area contributed by atoms with Gasteiger partial charge in [-0.1, -0.05) is 0 Å². The second-order valence-corrected chi connectivity index (χ2v) is 3.42. The third kappa shape index (κ3) is 3.99. The molecule has 94 valence electrons. The summed E-state index contributed by atoms with van der Waals surface area (Å²) in [5.41, 5.74) is 0.949. The Morgan fingerprint density at radius 2 is 2.35 bits per heavy atom. The van der Waals surface area contributed by atoms with Crippen LogP contribution in [0.1, 0.15) is 29.4 Å². The molecule has 0 aromatic carbocycles. The van der Waals surface area contributed by atoms with Gasteiger partial charge in [-0.15, -0.1) is 0 Å². The van der Waals surface area contributed by atoms with Gasteiger partial charge in [0.2, 0.25) is 5.95 Å². The number of hydrogen-bond acceptors (Lipinski definition) is 6. The van der Waals surface area contributed by atoms with Gasteiger partial charge in [-0.3, -0.25) is 0 Å². The van der Waals surface area contributed by atoms with Gasteiger partial charge < -0.3 is 15.2 Å². The van der Waals surface area contributed by atoms with Crippen molar-refractivity contribution in [3.8, 4) is 0 Å². The molecule has 0 saturated heterocycles. The summed E-state index contributed by atoms with van der Waals surface area (Å²) in [5, 5.41) is 11.6. The third-order valence-electron chi connectivity index (χ3n) is 2.09. The standard InChI is InChI=1S/C11H17N3O3/c1-3-17-10(16)9-7-13-11(14-8(9)2)12-5-4-6-15/h7,15H,3-6H2,1-2H3,(H,12,13,14). The molecule has 0 unspecified atom stereocenters. The number of hydrogen-bond donors (Lipinski definition) is 2. The van der Waals surface area contributed by atoms with E-state index in [0.29, 0.717) is 36.8 Å². The van der Waals surface area contributed by atoms with Crippen molar-refractivity contribution in [3.05, 3.63) is 17.5 Å². The minimum absolute atomic E-state index is 0.118. The zero-order chi connectivity index (χ0) is 12.7. The Labute approximate surface area is 100 Å². The fraction of sp³-hybridized carbons (Fsp3) is 0.545. The lowest BCUT2D eigenvalue weighted by atomic mass is 10.2. The van der Waals surface area contributed by atoms with Crippen molar-refractivity contribution >= 4 is 11.9 Å². The number of carbonyl (C=O) groups excluding carboxylic acids is 1. The summed E-state index contributed by atoms with van der Waals surface area (Å²) in [6.45, 7) is 4.51. The van der Waals surface area contributed by atoms with Crippen LogP contribution in [0.25, 0.3) is 0 Å². The van der Waals surface area contributed by atoms with Gasteiger partial charge in [0.05, 0.1) is 17.9 Å². The van der Waals surface area contributed by atoms with Crippen LogP contribution in [-0.2, 0) is 4.74 Å². The van der Waals surface area contributed by atoms with Crippen LogP contribution in [0.15, 0.2) is 6.20 Å². The molecule has 0 spiro atoms. The first kappa shape index (κ1) is 13.4. The molecular weight excluding hydrogens is 222 g/mol. The maximum atomic E-state index is 11.5. The molecule has 1 aromatic heterocycles. The minimum atomic E-state index is -0.410. The van der Waals surface area contributed by atoms with Crippen LogP contribution < -0.4 is 5.32 Å². The average Bonchev–Trinajstić information content (AvgIpc) is 2.29. The van der Waals surface area contributed by atoms with E-state index >= 15 is 0 Å². The summed E-state index contributed by atoms with van der Waals surface area (Å²) < 4.78 is 4.87. The van der Waals surface area contributed by atoms with Gasteiger partial charge in [-0.2, -0.15) is 0 Å². The molecular formula is C11H17N3O3. The Morgan fingerprint density at radius 3 is 2.94 bits per heavy atom. The van der Waals surface area contributed by atoms with Gasteiger partial charge in [0.15, 0.2) is 0 Å². The molecule has 0 aliphatic rings. The summed E-state index contributed by atoms with van der Waals surface area (Å²) in [6, 6.07) is 0. The van der Waals surface area contributed by atoms with Crippen molar-refractivity contribution in [2.45, 2.75) is 20.3 Å². The number of ether oxygens (including phenoxy) is 1. The monoisotopic (exact) mass is 239 g/mol. The van der Waals surface area contributed by atoms with Gasteiger partial charge in [-0.05, 0) is 20.3 Å². The number of anilines is 1. The highest BCUT2D eigenvalue weighted by atomic mass is 16.5. The Morgan fingerprint density at radius 1 is 1.59 bits per heavy atom. The van der Waals surface area contributed by atoms with Gasteiger partial charge in [-0.25, -0.2) is 14.8 Å². The maximum absolute atomic E-state index is 11.5. The van der Waals surface area contributed by atoms with E-state index in [1.54, 1.807) is 13.8 Å². The number of rotatable bonds is 6. The molecule has 2 N–H and O–H groups in total. The molecule has 0 saturated carbocycles. The van der Waals surface area contributed by atoms with E-state index in [4.69, 9.17) is 9.84 Å². The van der Waals surface area contributed by atoms with Crippen molar-refractivity contribution in [2.75, 3.05) is 25.1 Å². The highest BCUT2D eigenvalue weighted by Crippen LogP contribution is 2.08. The smallest absolute Gasteiger partial charge is 0.341 e. The molecule has 1 rings (SSSR count). The van der Waals surface area contributed by atoms with E-state index in [9.17, 15) is 4.79 Å². The molecule has 6 nitrogen and oxygen atoms in total. The largest absolute Gasteiger partial charge is 0.462 e. The molecule has 1 heterocycles. The molecule has 0 atom stereocenters. The second kappa shape index (κ2) is 6.80. The van der Waals surface area contributed by atoms with Crippen LogP contribution in [0.4, 0.5) is 5.95 Å². The van der Waals surface area contributed by atoms with Crippen molar-refractivity contribution in [2.24, 2.45) is 0 Å². The molecule has 0 aliphatic heterocycles. The topological polar surface area (TPSA) is 84.3 Å². The van der Waals surface area contributed by atoms with Crippen LogP contribution in [0, 0.1) is 6.92 Å². The van der Waals surface area contributed by atoms with Crippen LogP contribution in [0.3, 0.4) is 0 Å². The van der Waals surface area contributed by atoms with Crippen molar-refractivity contribution in [1.82, 2.24) is 9.97 Å².